The van der Waals surface area contributed by atoms with Crippen molar-refractivity contribution in [2.45, 2.75) is 58.4 Å². The number of urea groups is 1. The third-order valence-electron chi connectivity index (χ3n) is 6.87. The average Bonchev–Trinajstić information content (AvgIpc) is 3.31. The molecule has 2 amide bonds. The fourth-order valence-electron chi connectivity index (χ4n) is 5.11. The molecule has 2 aliphatic heterocycles. The number of amidine groups is 1. The Morgan fingerprint density at radius 1 is 1.09 bits per heavy atom. The molecule has 178 valence electrons. The van der Waals surface area contributed by atoms with E-state index in [0.29, 0.717) is 10.9 Å². The normalized spacial score (nSPS) is 19.0. The highest BCUT2D eigenvalue weighted by Gasteiger charge is 2.35. The molecule has 2 aromatic carbocycles. The van der Waals surface area contributed by atoms with Gasteiger partial charge in [0.25, 0.3) is 0 Å². The number of rotatable bonds is 5. The van der Waals surface area contributed by atoms with Crippen LogP contribution in [0.15, 0.2) is 52.6 Å². The molecule has 0 atom stereocenters. The van der Waals surface area contributed by atoms with Crippen LogP contribution in [0.2, 0.25) is 5.02 Å². The number of nitrogens with zero attached hydrogens (tertiary/aromatic N) is 4. The Bertz CT molecular complexity index is 1120. The van der Waals surface area contributed by atoms with Gasteiger partial charge in [0.1, 0.15) is 5.84 Å². The van der Waals surface area contributed by atoms with Crippen LogP contribution in [0.3, 0.4) is 0 Å². The van der Waals surface area contributed by atoms with Crippen molar-refractivity contribution < 1.29 is 4.79 Å². The first-order chi connectivity index (χ1) is 16.5. The topological polar surface area (TPSA) is 60.3 Å². The Kier molecular flexibility index (Phi) is 6.59. The van der Waals surface area contributed by atoms with Crippen LogP contribution in [0, 0.1) is 5.92 Å². The van der Waals surface area contributed by atoms with Gasteiger partial charge in [-0.3, -0.25) is 9.89 Å². The molecule has 1 fully saturated rings. The maximum Gasteiger partial charge on any atom is 0.349 e. The molecule has 2 aromatic rings. The summed E-state index contributed by atoms with van der Waals surface area (Å²) in [5.41, 5.74) is 4.79. The molecular weight excluding hydrogens is 446 g/mol. The van der Waals surface area contributed by atoms with Gasteiger partial charge in [0.2, 0.25) is 0 Å². The van der Waals surface area contributed by atoms with Crippen LogP contribution in [0.4, 0.5) is 16.2 Å². The Morgan fingerprint density at radius 3 is 2.53 bits per heavy atom. The van der Waals surface area contributed by atoms with E-state index in [1.54, 1.807) is 9.91 Å². The van der Waals surface area contributed by atoms with Crippen molar-refractivity contribution in [1.29, 1.82) is 0 Å². The lowest BCUT2D eigenvalue weighted by atomic mass is 9.83. The second-order valence-corrected chi connectivity index (χ2v) is 10.1. The number of hydrogen-bond acceptors (Lipinski definition) is 4. The highest BCUT2D eigenvalue weighted by molar-refractivity contribution is 6.31. The first-order valence-electron chi connectivity index (χ1n) is 12.4. The van der Waals surface area contributed by atoms with Crippen LogP contribution in [-0.4, -0.2) is 41.7 Å². The summed E-state index contributed by atoms with van der Waals surface area (Å²) in [5, 5.41) is 10.6. The Labute approximate surface area is 206 Å². The molecule has 2 heterocycles. The zero-order valence-electron chi connectivity index (χ0n) is 19.9. The molecule has 6 nitrogen and oxygen atoms in total. The van der Waals surface area contributed by atoms with Gasteiger partial charge in [0.05, 0.1) is 29.7 Å². The monoisotopic (exact) mass is 477 g/mol. The molecule has 1 aliphatic carbocycles. The third kappa shape index (κ3) is 4.56. The highest BCUT2D eigenvalue weighted by Crippen LogP contribution is 2.39. The van der Waals surface area contributed by atoms with Gasteiger partial charge in [-0.05, 0) is 62.6 Å². The van der Waals surface area contributed by atoms with Crippen molar-refractivity contribution in [3.05, 3.63) is 58.6 Å². The van der Waals surface area contributed by atoms with Crippen molar-refractivity contribution in [2.75, 3.05) is 18.0 Å². The van der Waals surface area contributed by atoms with E-state index in [0.717, 1.165) is 66.4 Å². The average molecular weight is 478 g/mol. The molecule has 0 unspecified atom stereocenters. The summed E-state index contributed by atoms with van der Waals surface area (Å²) >= 11 is 6.47. The van der Waals surface area contributed by atoms with Crippen LogP contribution in [-0.2, 0) is 6.42 Å². The van der Waals surface area contributed by atoms with E-state index < -0.39 is 0 Å². The summed E-state index contributed by atoms with van der Waals surface area (Å²) in [6, 6.07) is 13.8. The third-order valence-corrected chi connectivity index (χ3v) is 7.11. The first kappa shape index (κ1) is 22.9. The van der Waals surface area contributed by atoms with Gasteiger partial charge in [-0.1, -0.05) is 43.0 Å². The lowest BCUT2D eigenvalue weighted by Crippen LogP contribution is -2.41. The Hall–Kier alpha value is -2.86. The van der Waals surface area contributed by atoms with E-state index >= 15 is 0 Å². The van der Waals surface area contributed by atoms with Gasteiger partial charge in [-0.15, -0.1) is 0 Å². The molecule has 5 rings (SSSR count). The van der Waals surface area contributed by atoms with Crippen LogP contribution in [0.5, 0.6) is 0 Å². The number of hydrazone groups is 1. The molecule has 0 aromatic heterocycles. The zero-order valence-corrected chi connectivity index (χ0v) is 20.7. The van der Waals surface area contributed by atoms with E-state index in [4.69, 9.17) is 16.7 Å². The van der Waals surface area contributed by atoms with Crippen LogP contribution < -0.4 is 10.2 Å². The largest absolute Gasteiger partial charge is 0.372 e. The standard InChI is InChI=1S/C27H32ClN5O/c1-18(2)33-27(34)32(22-11-8-19(9-12-22)16-25-29-14-15-30-25)24-17-21(28)10-13-23(24)26(31-33)20-6-4-3-5-7-20/h8-13,17-18,20H,3-7,14-16H2,1-2H3,(H,29,30). The fourth-order valence-corrected chi connectivity index (χ4v) is 5.28. The molecule has 34 heavy (non-hydrogen) atoms. The molecular formula is C27H32ClN5O. The first-order valence-corrected chi connectivity index (χ1v) is 12.8. The summed E-state index contributed by atoms with van der Waals surface area (Å²) in [6.07, 6.45) is 6.65. The highest BCUT2D eigenvalue weighted by atomic mass is 35.5. The number of fused-ring (bicyclic) bond motifs is 1. The van der Waals surface area contributed by atoms with Crippen LogP contribution in [0.25, 0.3) is 0 Å². The quantitative estimate of drug-likeness (QED) is 0.561. The summed E-state index contributed by atoms with van der Waals surface area (Å²) in [7, 11) is 0. The lowest BCUT2D eigenvalue weighted by Gasteiger charge is -2.28. The minimum absolute atomic E-state index is 0.0656. The number of benzene rings is 2. The minimum Gasteiger partial charge on any atom is -0.372 e. The van der Waals surface area contributed by atoms with E-state index in [2.05, 4.69) is 22.4 Å². The Morgan fingerprint density at radius 2 is 1.85 bits per heavy atom. The van der Waals surface area contributed by atoms with Crippen molar-refractivity contribution in [3.8, 4) is 0 Å². The lowest BCUT2D eigenvalue weighted by molar-refractivity contribution is 0.195. The minimum atomic E-state index is -0.154. The predicted octanol–water partition coefficient (Wildman–Crippen LogP) is 6.15. The summed E-state index contributed by atoms with van der Waals surface area (Å²) < 4.78 is 0. The van der Waals surface area contributed by atoms with Gasteiger partial charge < -0.3 is 5.32 Å². The van der Waals surface area contributed by atoms with Crippen molar-refractivity contribution >= 4 is 40.6 Å². The second-order valence-electron chi connectivity index (χ2n) is 9.64. The van der Waals surface area contributed by atoms with Gasteiger partial charge in [-0.2, -0.15) is 5.10 Å². The van der Waals surface area contributed by atoms with Gasteiger partial charge >= 0.3 is 6.03 Å². The van der Waals surface area contributed by atoms with E-state index in [1.807, 2.05) is 44.2 Å². The smallest absolute Gasteiger partial charge is 0.349 e. The predicted molar refractivity (Wildman–Crippen MR) is 140 cm³/mol. The van der Waals surface area contributed by atoms with Gasteiger partial charge in [0.15, 0.2) is 0 Å². The number of amides is 2. The fraction of sp³-hybridized carbons (Fsp3) is 0.444. The number of carbonyl (C=O) groups excluding carboxylic acids is 1. The molecule has 0 saturated heterocycles. The number of carbonyl (C=O) groups is 1. The molecule has 7 heteroatoms. The molecule has 0 bridgehead atoms. The summed E-state index contributed by atoms with van der Waals surface area (Å²) in [6.45, 7) is 5.77. The van der Waals surface area contributed by atoms with Crippen molar-refractivity contribution in [1.82, 2.24) is 10.3 Å². The van der Waals surface area contributed by atoms with E-state index in [9.17, 15) is 4.79 Å². The van der Waals surface area contributed by atoms with Crippen LogP contribution in [0.1, 0.15) is 57.1 Å². The van der Waals surface area contributed by atoms with Gasteiger partial charge in [0, 0.05) is 29.5 Å². The van der Waals surface area contributed by atoms with E-state index in [1.165, 1.54) is 19.3 Å². The second kappa shape index (κ2) is 9.79. The SMILES string of the molecule is CC(C)N1N=C(C2CCCCC2)c2ccc(Cl)cc2N(c2ccc(CC3=NCCN3)cc2)C1=O. The number of anilines is 2. The summed E-state index contributed by atoms with van der Waals surface area (Å²) in [5.74, 6) is 1.37. The van der Waals surface area contributed by atoms with Crippen LogP contribution >= 0.6 is 11.6 Å². The summed E-state index contributed by atoms with van der Waals surface area (Å²) in [4.78, 5) is 20.2. The van der Waals surface area contributed by atoms with Crippen molar-refractivity contribution in [3.63, 3.8) is 0 Å². The molecule has 1 saturated carbocycles. The number of aliphatic imine (C=N–C) groups is 1. The molecule has 1 N–H and O–H groups in total. The molecule has 0 spiro atoms. The number of halogens is 1. The molecule has 3 aliphatic rings. The molecule has 0 radical (unpaired) electrons. The van der Waals surface area contributed by atoms with Gasteiger partial charge in [-0.25, -0.2) is 9.80 Å². The van der Waals surface area contributed by atoms with E-state index in [-0.39, 0.29) is 12.1 Å². The zero-order chi connectivity index (χ0) is 23.7. The number of nitrogens with one attached hydrogen (secondary N) is 1. The number of hydrogen-bond donors (Lipinski definition) is 1. The maximum absolute atomic E-state index is 13.9. The Balaban J connectivity index is 1.57. The van der Waals surface area contributed by atoms with Crippen molar-refractivity contribution in [2.24, 2.45) is 16.0 Å². The maximum atomic E-state index is 13.9.